The van der Waals surface area contributed by atoms with Crippen LogP contribution in [0.2, 0.25) is 0 Å². The number of hydrogen-bond donors (Lipinski definition) is 1. The van der Waals surface area contributed by atoms with E-state index in [1.54, 1.807) is 0 Å². The monoisotopic (exact) mass is 385 g/mol. The van der Waals surface area contributed by atoms with Crippen molar-refractivity contribution in [3.8, 4) is 11.5 Å². The molecular formula is C23H31NO4. The van der Waals surface area contributed by atoms with Crippen LogP contribution in [0.3, 0.4) is 0 Å². The second kappa shape index (κ2) is 9.26. The minimum atomic E-state index is -0.466. The highest BCUT2D eigenvalue weighted by molar-refractivity contribution is 5.77. The summed E-state index contributed by atoms with van der Waals surface area (Å²) in [6.07, 6.45) is 9.45. The molecule has 0 aromatic heterocycles. The van der Waals surface area contributed by atoms with Crippen molar-refractivity contribution in [1.82, 2.24) is 5.32 Å². The number of allylic oxidation sites excluding steroid dienone is 2. The van der Waals surface area contributed by atoms with Crippen molar-refractivity contribution >= 4 is 12.4 Å². The summed E-state index contributed by atoms with van der Waals surface area (Å²) in [6, 6.07) is 4.11. The van der Waals surface area contributed by atoms with Crippen LogP contribution < -0.4 is 14.8 Å². The molecule has 3 atom stereocenters. The highest BCUT2D eigenvalue weighted by Gasteiger charge is 2.39. The second-order valence-electron chi connectivity index (χ2n) is 8.00. The third kappa shape index (κ3) is 4.57. The van der Waals surface area contributed by atoms with E-state index >= 15 is 0 Å². The van der Waals surface area contributed by atoms with Crippen LogP contribution in [0.1, 0.15) is 69.9 Å². The summed E-state index contributed by atoms with van der Waals surface area (Å²) in [5, 5.41) is 2.38. The number of rotatable bonds is 8. The summed E-state index contributed by atoms with van der Waals surface area (Å²) in [6.45, 7) is 6.34. The Morgan fingerprint density at radius 2 is 2.18 bits per heavy atom. The first kappa shape index (κ1) is 20.4. The fraction of sp³-hybridized carbons (Fsp3) is 0.565. The van der Waals surface area contributed by atoms with Gasteiger partial charge in [-0.3, -0.25) is 4.79 Å². The molecule has 1 amide bonds. The van der Waals surface area contributed by atoms with Crippen LogP contribution in [0, 0.1) is 5.92 Å². The van der Waals surface area contributed by atoms with Crippen molar-refractivity contribution in [2.75, 3.05) is 6.54 Å². The Hall–Kier alpha value is -2.30. The van der Waals surface area contributed by atoms with Gasteiger partial charge in [-0.05, 0) is 57.2 Å². The predicted molar refractivity (Wildman–Crippen MR) is 109 cm³/mol. The zero-order valence-corrected chi connectivity index (χ0v) is 17.1. The molecule has 0 fully saturated rings. The molecule has 2 aliphatic rings. The van der Waals surface area contributed by atoms with E-state index in [1.807, 2.05) is 6.07 Å². The molecule has 1 heterocycles. The summed E-state index contributed by atoms with van der Waals surface area (Å²) >= 11 is 0. The molecule has 3 rings (SSSR count). The van der Waals surface area contributed by atoms with Gasteiger partial charge < -0.3 is 14.8 Å². The molecule has 0 saturated carbocycles. The summed E-state index contributed by atoms with van der Waals surface area (Å²) in [5.41, 5.74) is 3.47. The molecule has 1 aliphatic carbocycles. The number of carbonyl (C=O) groups excluding carboxylic acids is 2. The van der Waals surface area contributed by atoms with Gasteiger partial charge in [0.1, 0.15) is 18.0 Å². The van der Waals surface area contributed by atoms with Crippen molar-refractivity contribution in [1.29, 1.82) is 0 Å². The second-order valence-corrected chi connectivity index (χ2v) is 8.00. The van der Waals surface area contributed by atoms with Gasteiger partial charge >= 0.3 is 5.97 Å². The maximum absolute atomic E-state index is 12.2. The van der Waals surface area contributed by atoms with Gasteiger partial charge in [-0.25, -0.2) is 4.79 Å². The molecule has 28 heavy (non-hydrogen) atoms. The van der Waals surface area contributed by atoms with Gasteiger partial charge in [-0.2, -0.15) is 0 Å². The molecule has 1 aromatic carbocycles. The number of nitrogens with one attached hydrogen (secondary N) is 1. The number of amides is 1. The lowest BCUT2D eigenvalue weighted by molar-refractivity contribution is -0.134. The zero-order valence-electron chi connectivity index (χ0n) is 17.1. The first-order valence-corrected chi connectivity index (χ1v) is 10.4. The molecule has 0 bridgehead atoms. The topological polar surface area (TPSA) is 64.6 Å². The van der Waals surface area contributed by atoms with E-state index in [4.69, 9.17) is 9.47 Å². The maximum atomic E-state index is 12.2. The predicted octanol–water partition coefficient (Wildman–Crippen LogP) is 4.29. The van der Waals surface area contributed by atoms with Crippen LogP contribution in [-0.2, 0) is 16.0 Å². The number of ether oxygens (including phenoxy) is 2. The molecular weight excluding hydrogens is 354 g/mol. The Labute approximate surface area is 167 Å². The van der Waals surface area contributed by atoms with Crippen LogP contribution in [-0.4, -0.2) is 25.0 Å². The van der Waals surface area contributed by atoms with Gasteiger partial charge in [-0.15, -0.1) is 0 Å². The molecule has 0 spiro atoms. The smallest absolute Gasteiger partial charge is 0.330 e. The maximum Gasteiger partial charge on any atom is 0.330 e. The fourth-order valence-electron chi connectivity index (χ4n) is 4.37. The van der Waals surface area contributed by atoms with Crippen molar-refractivity contribution in [3.05, 3.63) is 34.9 Å². The van der Waals surface area contributed by atoms with E-state index in [2.05, 4.69) is 38.2 Å². The summed E-state index contributed by atoms with van der Waals surface area (Å²) in [7, 11) is 0. The fourth-order valence-corrected chi connectivity index (χ4v) is 4.37. The number of aryl methyl sites for hydroxylation is 1. The van der Waals surface area contributed by atoms with E-state index < -0.39 is 5.97 Å². The average molecular weight is 386 g/mol. The first-order chi connectivity index (χ1) is 13.5. The van der Waals surface area contributed by atoms with Crippen LogP contribution in [0.15, 0.2) is 23.8 Å². The molecule has 1 N–H and O–H groups in total. The molecule has 0 saturated heterocycles. The number of hydrogen-bond acceptors (Lipinski definition) is 4. The number of esters is 1. The van der Waals surface area contributed by atoms with Crippen molar-refractivity contribution in [3.63, 3.8) is 0 Å². The first-order valence-electron chi connectivity index (χ1n) is 10.4. The van der Waals surface area contributed by atoms with Gasteiger partial charge in [0.05, 0.1) is 6.10 Å². The minimum absolute atomic E-state index is 0.132. The van der Waals surface area contributed by atoms with Crippen LogP contribution in [0.25, 0.3) is 0 Å². The average Bonchev–Trinajstić information content (AvgIpc) is 2.66. The Morgan fingerprint density at radius 1 is 1.36 bits per heavy atom. The van der Waals surface area contributed by atoms with Gasteiger partial charge in [0.2, 0.25) is 6.41 Å². The number of unbranched alkanes of at least 4 members (excludes halogenated alkanes) is 2. The molecule has 0 radical (unpaired) electrons. The van der Waals surface area contributed by atoms with E-state index in [9.17, 15) is 9.59 Å². The normalized spacial score (nSPS) is 23.0. The molecule has 5 heteroatoms. The lowest BCUT2D eigenvalue weighted by Crippen LogP contribution is -2.35. The van der Waals surface area contributed by atoms with E-state index in [-0.39, 0.29) is 18.6 Å². The largest absolute Gasteiger partial charge is 0.490 e. The van der Waals surface area contributed by atoms with Gasteiger partial charge in [0.15, 0.2) is 0 Å². The lowest BCUT2D eigenvalue weighted by Gasteiger charge is -2.40. The summed E-state index contributed by atoms with van der Waals surface area (Å²) < 4.78 is 12.0. The quantitative estimate of drug-likeness (QED) is 0.238. The Bertz CT molecular complexity index is 755. The number of fused-ring (bicyclic) bond motifs is 3. The molecule has 5 nitrogen and oxygen atoms in total. The minimum Gasteiger partial charge on any atom is -0.490 e. The summed E-state index contributed by atoms with van der Waals surface area (Å²) in [4.78, 5) is 22.7. The third-order valence-electron chi connectivity index (χ3n) is 5.83. The highest BCUT2D eigenvalue weighted by atomic mass is 16.5. The van der Waals surface area contributed by atoms with Crippen molar-refractivity contribution < 1.29 is 19.1 Å². The SMILES string of the molecule is CCCCCc1cc(OC(=O)CNC=O)c2c(c1)OC(C)[C@@H]1CCC(C)=C[C@@H]21. The number of carbonyl (C=O) groups is 2. The molecule has 1 aliphatic heterocycles. The third-order valence-corrected chi connectivity index (χ3v) is 5.83. The van der Waals surface area contributed by atoms with Gasteiger partial charge in [0, 0.05) is 17.4 Å². The van der Waals surface area contributed by atoms with Crippen molar-refractivity contribution in [2.24, 2.45) is 5.92 Å². The van der Waals surface area contributed by atoms with E-state index in [0.717, 1.165) is 49.0 Å². The standard InChI is InChI=1S/C23H31NO4/c1-4-5-6-7-17-11-20-23(21(12-17)28-22(26)13-24-14-25)19-10-15(2)8-9-18(19)16(3)27-20/h10-12,14,16,18-19H,4-9,13H2,1-3H3,(H,24,25)/t16?,18-,19+/m0/s1. The van der Waals surface area contributed by atoms with Crippen LogP contribution >= 0.6 is 0 Å². The van der Waals surface area contributed by atoms with Crippen LogP contribution in [0.4, 0.5) is 0 Å². The molecule has 152 valence electrons. The lowest BCUT2D eigenvalue weighted by atomic mass is 9.72. The highest BCUT2D eigenvalue weighted by Crippen LogP contribution is 2.50. The van der Waals surface area contributed by atoms with E-state index in [1.165, 1.54) is 12.0 Å². The summed E-state index contributed by atoms with van der Waals surface area (Å²) in [5.74, 6) is 1.52. The van der Waals surface area contributed by atoms with E-state index in [0.29, 0.717) is 18.1 Å². The van der Waals surface area contributed by atoms with Gasteiger partial charge in [-0.1, -0.05) is 31.4 Å². The molecule has 1 unspecified atom stereocenters. The molecule has 1 aromatic rings. The van der Waals surface area contributed by atoms with Crippen LogP contribution in [0.5, 0.6) is 11.5 Å². The Morgan fingerprint density at radius 3 is 2.93 bits per heavy atom. The Kier molecular flexibility index (Phi) is 6.76. The van der Waals surface area contributed by atoms with Crippen molar-refractivity contribution in [2.45, 2.75) is 71.3 Å². The Balaban J connectivity index is 1.98. The number of benzene rings is 1. The van der Waals surface area contributed by atoms with Gasteiger partial charge in [0.25, 0.3) is 0 Å². The zero-order chi connectivity index (χ0) is 20.1.